The number of aromatic nitrogens is 2. The molecule has 3 rings (SSSR count). The van der Waals surface area contributed by atoms with Crippen molar-refractivity contribution in [2.24, 2.45) is 0 Å². The van der Waals surface area contributed by atoms with Crippen LogP contribution in [0.25, 0.3) is 0 Å². The quantitative estimate of drug-likeness (QED) is 0.742. The summed E-state index contributed by atoms with van der Waals surface area (Å²) in [4.78, 5) is 16.6. The number of ether oxygens (including phenoxy) is 1. The third-order valence-electron chi connectivity index (χ3n) is 4.05. The SMILES string of the molecule is COCc1nsc(NC(=O)c2cccc(S(=O)(=O)NC3CCCC3)c2)n1. The molecule has 1 fully saturated rings. The fourth-order valence-electron chi connectivity index (χ4n) is 2.80. The van der Waals surface area contributed by atoms with E-state index in [4.69, 9.17) is 4.74 Å². The Kier molecular flexibility index (Phi) is 5.97. The van der Waals surface area contributed by atoms with E-state index in [1.807, 2.05) is 0 Å². The number of nitrogens with zero attached hydrogens (tertiary/aromatic N) is 2. The van der Waals surface area contributed by atoms with Gasteiger partial charge in [0.25, 0.3) is 5.91 Å². The number of rotatable bonds is 7. The molecule has 1 amide bonds. The van der Waals surface area contributed by atoms with E-state index in [0.29, 0.717) is 11.0 Å². The summed E-state index contributed by atoms with van der Waals surface area (Å²) >= 11 is 1.04. The Bertz CT molecular complexity index is 876. The van der Waals surface area contributed by atoms with Crippen LogP contribution < -0.4 is 10.0 Å². The molecule has 1 saturated carbocycles. The summed E-state index contributed by atoms with van der Waals surface area (Å²) in [7, 11) is -2.12. The van der Waals surface area contributed by atoms with Gasteiger partial charge in [0, 0.05) is 30.2 Å². The molecule has 1 aromatic carbocycles. The van der Waals surface area contributed by atoms with Gasteiger partial charge in [-0.15, -0.1) is 0 Å². The van der Waals surface area contributed by atoms with Crippen molar-refractivity contribution >= 4 is 32.6 Å². The summed E-state index contributed by atoms with van der Waals surface area (Å²) in [5, 5.41) is 2.96. The lowest BCUT2D eigenvalue weighted by Gasteiger charge is -2.13. The molecule has 1 aromatic heterocycles. The molecule has 0 unspecified atom stereocenters. The molecule has 0 bridgehead atoms. The molecule has 8 nitrogen and oxygen atoms in total. The van der Waals surface area contributed by atoms with Crippen molar-refractivity contribution in [1.29, 1.82) is 0 Å². The first kappa shape index (κ1) is 18.9. The molecule has 1 heterocycles. The van der Waals surface area contributed by atoms with Crippen LogP contribution in [0.1, 0.15) is 41.9 Å². The molecule has 10 heteroatoms. The van der Waals surface area contributed by atoms with Gasteiger partial charge in [0.05, 0.1) is 4.90 Å². The molecule has 0 atom stereocenters. The highest BCUT2D eigenvalue weighted by Crippen LogP contribution is 2.21. The maximum atomic E-state index is 12.5. The average Bonchev–Trinajstić information content (AvgIpc) is 3.27. The zero-order valence-corrected chi connectivity index (χ0v) is 15.9. The van der Waals surface area contributed by atoms with Crippen LogP contribution in [0.2, 0.25) is 0 Å². The van der Waals surface area contributed by atoms with Crippen LogP contribution in [0.5, 0.6) is 0 Å². The number of nitrogens with one attached hydrogen (secondary N) is 2. The lowest BCUT2D eigenvalue weighted by molar-refractivity contribution is 0.102. The zero-order chi connectivity index (χ0) is 18.6. The number of anilines is 1. The topological polar surface area (TPSA) is 110 Å². The lowest BCUT2D eigenvalue weighted by atomic mass is 10.2. The number of carbonyl (C=O) groups is 1. The first-order chi connectivity index (χ1) is 12.5. The predicted molar refractivity (Wildman–Crippen MR) is 97.6 cm³/mol. The van der Waals surface area contributed by atoms with Crippen molar-refractivity contribution in [3.05, 3.63) is 35.7 Å². The van der Waals surface area contributed by atoms with Crippen molar-refractivity contribution in [1.82, 2.24) is 14.1 Å². The maximum Gasteiger partial charge on any atom is 0.257 e. The molecule has 1 aliphatic carbocycles. The first-order valence-corrected chi connectivity index (χ1v) is 10.5. The molecule has 0 saturated heterocycles. The second kappa shape index (κ2) is 8.21. The summed E-state index contributed by atoms with van der Waals surface area (Å²) in [6, 6.07) is 5.92. The Morgan fingerprint density at radius 3 is 2.85 bits per heavy atom. The van der Waals surface area contributed by atoms with Crippen molar-refractivity contribution in [3.8, 4) is 0 Å². The molecular formula is C16H20N4O4S2. The van der Waals surface area contributed by atoms with Crippen molar-refractivity contribution in [3.63, 3.8) is 0 Å². The Labute approximate surface area is 156 Å². The van der Waals surface area contributed by atoms with E-state index in [0.717, 1.165) is 37.2 Å². The van der Waals surface area contributed by atoms with Crippen LogP contribution in [0, 0.1) is 0 Å². The fraction of sp³-hybridized carbons (Fsp3) is 0.438. The minimum atomic E-state index is -3.65. The van der Waals surface area contributed by atoms with E-state index >= 15 is 0 Å². The molecule has 0 spiro atoms. The number of methoxy groups -OCH3 is 1. The van der Waals surface area contributed by atoms with Gasteiger partial charge in [-0.25, -0.2) is 18.1 Å². The Morgan fingerprint density at radius 2 is 2.12 bits per heavy atom. The lowest BCUT2D eigenvalue weighted by Crippen LogP contribution is -2.32. The highest BCUT2D eigenvalue weighted by Gasteiger charge is 2.23. The fourth-order valence-corrected chi connectivity index (χ4v) is 4.72. The van der Waals surface area contributed by atoms with Gasteiger partial charge in [0.2, 0.25) is 15.2 Å². The van der Waals surface area contributed by atoms with Crippen LogP contribution in [0.3, 0.4) is 0 Å². The highest BCUT2D eigenvalue weighted by molar-refractivity contribution is 7.89. The van der Waals surface area contributed by atoms with E-state index in [1.165, 1.54) is 19.2 Å². The van der Waals surface area contributed by atoms with E-state index in [-0.39, 0.29) is 23.1 Å². The number of amides is 1. The maximum absolute atomic E-state index is 12.5. The minimum Gasteiger partial charge on any atom is -0.377 e. The van der Waals surface area contributed by atoms with Gasteiger partial charge in [0.1, 0.15) is 6.61 Å². The molecule has 0 aliphatic heterocycles. The first-order valence-electron chi connectivity index (χ1n) is 8.23. The highest BCUT2D eigenvalue weighted by atomic mass is 32.2. The molecule has 140 valence electrons. The third-order valence-corrected chi connectivity index (χ3v) is 6.23. The van der Waals surface area contributed by atoms with Gasteiger partial charge in [-0.2, -0.15) is 4.37 Å². The smallest absolute Gasteiger partial charge is 0.257 e. The molecule has 2 aromatic rings. The zero-order valence-electron chi connectivity index (χ0n) is 14.3. The monoisotopic (exact) mass is 396 g/mol. The summed E-state index contributed by atoms with van der Waals surface area (Å²) in [6.07, 6.45) is 3.76. The van der Waals surface area contributed by atoms with Gasteiger partial charge in [-0.05, 0) is 31.0 Å². The Hall–Kier alpha value is -1.88. The van der Waals surface area contributed by atoms with E-state index < -0.39 is 15.9 Å². The molecule has 1 aliphatic rings. The van der Waals surface area contributed by atoms with E-state index in [1.54, 1.807) is 12.1 Å². The predicted octanol–water partition coefficient (Wildman–Crippen LogP) is 2.16. The van der Waals surface area contributed by atoms with Gasteiger partial charge in [-0.3, -0.25) is 10.1 Å². The number of hydrogen-bond donors (Lipinski definition) is 2. The Morgan fingerprint density at radius 1 is 1.35 bits per heavy atom. The van der Waals surface area contributed by atoms with Gasteiger partial charge in [0.15, 0.2) is 5.82 Å². The van der Waals surface area contributed by atoms with Crippen LogP contribution in [-0.4, -0.2) is 36.8 Å². The molecule has 0 radical (unpaired) electrons. The van der Waals surface area contributed by atoms with E-state index in [9.17, 15) is 13.2 Å². The summed E-state index contributed by atoms with van der Waals surface area (Å²) in [5.41, 5.74) is 0.239. The van der Waals surface area contributed by atoms with Crippen molar-refractivity contribution in [2.45, 2.75) is 43.2 Å². The number of hydrogen-bond acceptors (Lipinski definition) is 7. The summed E-state index contributed by atoms with van der Waals surface area (Å²) < 4.78 is 36.7. The number of carbonyl (C=O) groups excluding carboxylic acids is 1. The minimum absolute atomic E-state index is 0.0296. The van der Waals surface area contributed by atoms with Gasteiger partial charge < -0.3 is 4.74 Å². The normalized spacial score (nSPS) is 15.3. The largest absolute Gasteiger partial charge is 0.377 e. The van der Waals surface area contributed by atoms with Crippen LogP contribution >= 0.6 is 11.5 Å². The molecular weight excluding hydrogens is 376 g/mol. The van der Waals surface area contributed by atoms with Gasteiger partial charge >= 0.3 is 0 Å². The van der Waals surface area contributed by atoms with Crippen LogP contribution in [0.4, 0.5) is 5.13 Å². The Balaban J connectivity index is 1.72. The van der Waals surface area contributed by atoms with Crippen LogP contribution in [-0.2, 0) is 21.4 Å². The van der Waals surface area contributed by atoms with Crippen molar-refractivity contribution < 1.29 is 17.9 Å². The number of sulfonamides is 1. The number of benzene rings is 1. The average molecular weight is 396 g/mol. The van der Waals surface area contributed by atoms with Crippen molar-refractivity contribution in [2.75, 3.05) is 12.4 Å². The van der Waals surface area contributed by atoms with E-state index in [2.05, 4.69) is 19.4 Å². The standard InChI is InChI=1S/C16H20N4O4S2/c1-24-10-14-17-16(25-19-14)18-15(21)11-5-4-8-13(9-11)26(22,23)20-12-6-2-3-7-12/h4-5,8-9,12,20H,2-3,6-7,10H2,1H3,(H,17,18,19,21). The third kappa shape index (κ3) is 4.64. The summed E-state index contributed by atoms with van der Waals surface area (Å²) in [6.45, 7) is 0.257. The molecule has 26 heavy (non-hydrogen) atoms. The second-order valence-electron chi connectivity index (χ2n) is 6.03. The summed E-state index contributed by atoms with van der Waals surface area (Å²) in [5.74, 6) is 0.0351. The second-order valence-corrected chi connectivity index (χ2v) is 8.50. The van der Waals surface area contributed by atoms with Gasteiger partial charge in [-0.1, -0.05) is 18.9 Å². The van der Waals surface area contributed by atoms with Crippen LogP contribution in [0.15, 0.2) is 29.2 Å². The molecule has 2 N–H and O–H groups in total.